The molecule has 2 aliphatic heterocycles. The lowest BCUT2D eigenvalue weighted by Crippen LogP contribution is -2.65. The molecule has 1 aromatic rings. The molecular weight excluding hydrogens is 777 g/mol. The Morgan fingerprint density at radius 1 is 0.820 bits per heavy atom. The van der Waals surface area contributed by atoms with E-state index in [4.69, 9.17) is 15.0 Å². The molecule has 2 heterocycles. The highest BCUT2D eigenvalue weighted by Gasteiger charge is 2.68. The highest BCUT2D eigenvalue weighted by molar-refractivity contribution is 6.47. The maximum absolute atomic E-state index is 13.8. The normalized spacial score (nSPS) is 26.6. The molecule has 6 amide bonds. The predicted octanol–water partition coefficient (Wildman–Crippen LogP) is 3.45. The first kappa shape index (κ1) is 48.3. The Morgan fingerprint density at radius 2 is 1.44 bits per heavy atom. The van der Waals surface area contributed by atoms with Crippen molar-refractivity contribution in [1.29, 1.82) is 0 Å². The monoisotopic (exact) mass is 852 g/mol. The molecule has 340 valence electrons. The van der Waals surface area contributed by atoms with Gasteiger partial charge in [0.05, 0.1) is 23.8 Å². The average molecular weight is 852 g/mol. The number of nitrogens with two attached hydrogens (primary N) is 1. The highest BCUT2D eigenvalue weighted by atomic mass is 16.7. The van der Waals surface area contributed by atoms with Crippen LogP contribution in [0.5, 0.6) is 0 Å². The van der Waals surface area contributed by atoms with E-state index in [9.17, 15) is 29.1 Å². The number of piperidine rings is 1. The van der Waals surface area contributed by atoms with E-state index in [-0.39, 0.29) is 23.0 Å². The van der Waals surface area contributed by atoms with Gasteiger partial charge in [0, 0.05) is 13.1 Å². The number of nitrogens with one attached hydrogen (secondary N) is 5. The van der Waals surface area contributed by atoms with Crippen molar-refractivity contribution in [3.05, 3.63) is 35.9 Å². The molecular formula is C45H74BN7O8. The number of hydrogen-bond acceptors (Lipinski definition) is 9. The van der Waals surface area contributed by atoms with E-state index in [2.05, 4.69) is 66.4 Å². The number of urea groups is 1. The number of aliphatic hydroxyl groups excluding tert-OH is 1. The fourth-order valence-corrected chi connectivity index (χ4v) is 10.0. The van der Waals surface area contributed by atoms with E-state index in [1.54, 1.807) is 4.90 Å². The number of aliphatic hydroxyl groups is 1. The van der Waals surface area contributed by atoms with Gasteiger partial charge in [-0.05, 0) is 114 Å². The van der Waals surface area contributed by atoms with Gasteiger partial charge in [-0.3, -0.25) is 19.2 Å². The first-order chi connectivity index (χ1) is 28.8. The molecule has 8 N–H and O–H groups in total. The molecule has 6 rings (SSSR count). The van der Waals surface area contributed by atoms with Gasteiger partial charge in [0.15, 0.2) is 0 Å². The Balaban J connectivity index is 1.15. The van der Waals surface area contributed by atoms with Crippen LogP contribution in [0.15, 0.2) is 30.3 Å². The van der Waals surface area contributed by atoms with Gasteiger partial charge in [0.2, 0.25) is 23.6 Å². The summed E-state index contributed by atoms with van der Waals surface area (Å²) in [7, 11) is -0.638. The number of amides is 6. The molecule has 0 unspecified atom stereocenters. The number of hydrogen-bond donors (Lipinski definition) is 7. The lowest BCUT2D eigenvalue weighted by atomic mass is 9.43. The van der Waals surface area contributed by atoms with Gasteiger partial charge in [-0.1, -0.05) is 77.3 Å². The quantitative estimate of drug-likeness (QED) is 0.0755. The highest BCUT2D eigenvalue weighted by Crippen LogP contribution is 2.65. The van der Waals surface area contributed by atoms with E-state index in [0.29, 0.717) is 63.6 Å². The molecule has 61 heavy (non-hydrogen) atoms. The minimum Gasteiger partial charge on any atom is -0.404 e. The van der Waals surface area contributed by atoms with Crippen LogP contribution in [0.3, 0.4) is 0 Å². The summed E-state index contributed by atoms with van der Waals surface area (Å²) in [6.45, 7) is 17.1. The van der Waals surface area contributed by atoms with Crippen LogP contribution < -0.4 is 32.3 Å². The molecule has 16 heteroatoms. The van der Waals surface area contributed by atoms with Gasteiger partial charge in [0.1, 0.15) is 24.2 Å². The van der Waals surface area contributed by atoms with Gasteiger partial charge >= 0.3 is 13.1 Å². The summed E-state index contributed by atoms with van der Waals surface area (Å²) < 4.78 is 12.9. The first-order valence-corrected chi connectivity index (χ1v) is 22.9. The Hall–Kier alpha value is -3.73. The van der Waals surface area contributed by atoms with E-state index in [0.717, 1.165) is 38.5 Å². The van der Waals surface area contributed by atoms with E-state index >= 15 is 0 Å². The lowest BCUT2D eigenvalue weighted by Gasteiger charge is -2.64. The van der Waals surface area contributed by atoms with Crippen molar-refractivity contribution in [3.63, 3.8) is 0 Å². The van der Waals surface area contributed by atoms with Gasteiger partial charge in [-0.2, -0.15) is 0 Å². The van der Waals surface area contributed by atoms with Gasteiger partial charge in [-0.25, -0.2) is 4.79 Å². The third-order valence-corrected chi connectivity index (χ3v) is 14.5. The second-order valence-corrected chi connectivity index (χ2v) is 19.3. The summed E-state index contributed by atoms with van der Waals surface area (Å²) in [5, 5.41) is 24.6. The minimum absolute atomic E-state index is 0.0451. The van der Waals surface area contributed by atoms with Crippen molar-refractivity contribution in [2.24, 2.45) is 23.0 Å². The lowest BCUT2D eigenvalue weighted by molar-refractivity contribution is -0.199. The van der Waals surface area contributed by atoms with Crippen molar-refractivity contribution in [1.82, 2.24) is 31.5 Å². The van der Waals surface area contributed by atoms with Crippen LogP contribution in [-0.2, 0) is 33.9 Å². The number of unbranched alkanes of at least 4 members (excludes halogenated alkanes) is 3. The predicted molar refractivity (Wildman–Crippen MR) is 235 cm³/mol. The number of nitrogens with zero attached hydrogens (tertiary/aromatic N) is 1. The fourth-order valence-electron chi connectivity index (χ4n) is 10.0. The maximum Gasteiger partial charge on any atom is 0.481 e. The SMILES string of the molecule is CCCCC[C@H](NC(=O)N1CCC(C)(c2ccccc2)CC1)C(=O)N[C@H](C(=O)N[C@@H](C)C(=O)N[C@@H](CCCCN)C(=O)N[C@@H](C)B1O[C@@H]2C[C@@H]3C[C@@H](C3(C)C)[C@]2(C)O1)[C@@H](C)O. The third-order valence-electron chi connectivity index (χ3n) is 14.5. The van der Waals surface area contributed by atoms with Gasteiger partial charge < -0.3 is 51.6 Å². The largest absolute Gasteiger partial charge is 0.481 e. The molecule has 2 saturated heterocycles. The summed E-state index contributed by atoms with van der Waals surface area (Å²) >= 11 is 0. The van der Waals surface area contributed by atoms with Crippen LogP contribution in [0.1, 0.15) is 132 Å². The zero-order chi connectivity index (χ0) is 44.7. The Kier molecular flexibility index (Phi) is 16.3. The molecule has 10 atom stereocenters. The topological polar surface area (TPSA) is 213 Å². The fraction of sp³-hybridized carbons (Fsp3) is 0.756. The van der Waals surface area contributed by atoms with Crippen LogP contribution in [0, 0.1) is 17.3 Å². The van der Waals surface area contributed by atoms with Gasteiger partial charge in [0.25, 0.3) is 0 Å². The summed E-state index contributed by atoms with van der Waals surface area (Å²) in [5.41, 5.74) is 6.65. The Labute approximate surface area is 363 Å². The van der Waals surface area contributed by atoms with Crippen LogP contribution in [0.25, 0.3) is 0 Å². The zero-order valence-electron chi connectivity index (χ0n) is 37.9. The number of carbonyl (C=O) groups is 5. The van der Waals surface area contributed by atoms with Crippen LogP contribution in [-0.4, -0.2) is 114 Å². The number of carbonyl (C=O) groups excluding carboxylic acids is 5. The second-order valence-electron chi connectivity index (χ2n) is 19.3. The average Bonchev–Trinajstić information content (AvgIpc) is 3.60. The first-order valence-electron chi connectivity index (χ1n) is 22.9. The molecule has 2 bridgehead atoms. The van der Waals surface area contributed by atoms with Crippen molar-refractivity contribution < 1.29 is 38.4 Å². The van der Waals surface area contributed by atoms with Crippen LogP contribution in [0.2, 0.25) is 0 Å². The Morgan fingerprint density at radius 3 is 2.05 bits per heavy atom. The van der Waals surface area contributed by atoms with Crippen molar-refractivity contribution in [2.45, 2.75) is 179 Å². The van der Waals surface area contributed by atoms with E-state index in [1.807, 2.05) is 32.0 Å². The van der Waals surface area contributed by atoms with Crippen LogP contribution in [0.4, 0.5) is 4.79 Å². The van der Waals surface area contributed by atoms with Crippen molar-refractivity contribution in [2.75, 3.05) is 19.6 Å². The molecule has 5 aliphatic rings. The summed E-state index contributed by atoms with van der Waals surface area (Å²) in [5.74, 6) is -1.96. The molecule has 5 fully saturated rings. The molecule has 15 nitrogen and oxygen atoms in total. The Bertz CT molecular complexity index is 1680. The van der Waals surface area contributed by atoms with E-state index in [1.165, 1.54) is 19.4 Å². The van der Waals surface area contributed by atoms with Crippen LogP contribution >= 0.6 is 0 Å². The molecule has 0 aromatic heterocycles. The molecule has 0 radical (unpaired) electrons. The number of likely N-dealkylation sites (tertiary alicyclic amines) is 1. The molecule has 1 aromatic carbocycles. The zero-order valence-corrected chi connectivity index (χ0v) is 37.9. The second kappa shape index (κ2) is 20.6. The number of benzene rings is 1. The molecule has 0 spiro atoms. The van der Waals surface area contributed by atoms with Gasteiger partial charge in [-0.15, -0.1) is 0 Å². The minimum atomic E-state index is -1.42. The van der Waals surface area contributed by atoms with E-state index < -0.39 is 72.6 Å². The molecule has 3 aliphatic carbocycles. The maximum atomic E-state index is 13.8. The summed E-state index contributed by atoms with van der Waals surface area (Å²) in [6, 6.07) is 5.47. The van der Waals surface area contributed by atoms with Crippen molar-refractivity contribution >= 4 is 36.8 Å². The number of rotatable bonds is 20. The smallest absolute Gasteiger partial charge is 0.404 e. The summed E-state index contributed by atoms with van der Waals surface area (Å²) in [4.78, 5) is 69.9. The third kappa shape index (κ3) is 11.3. The van der Waals surface area contributed by atoms with Crippen molar-refractivity contribution in [3.8, 4) is 0 Å². The summed E-state index contributed by atoms with van der Waals surface area (Å²) in [6.07, 6.45) is 6.50. The molecule has 3 saturated carbocycles. The standard InChI is InChI=1S/C45H74BN7O8/c1-9-10-12-19-34(51-42(59)53-24-21-44(7,22-25-53)31-17-13-11-14-18-31)40(57)52-37(29(3)54)41(58)48-28(2)38(55)50-33(20-15-16-23-47)39(56)49-30(4)46-60-36-27-32-26-35(43(32,5)6)45(36,8)61-46/h11,13-14,17-18,28-30,32-37,54H,9-10,12,15-16,19-27,47H2,1-8H3,(H,48,58)(H,49,56)(H,50,55)(H,51,59)(H,52,57)/t28-,29+,30-,32-,33-,34-,35-,36+,37-,45-/m0/s1.